The van der Waals surface area contributed by atoms with Crippen molar-refractivity contribution in [3.05, 3.63) is 62.1 Å². The van der Waals surface area contributed by atoms with Crippen molar-refractivity contribution in [1.82, 2.24) is 5.32 Å². The number of thiophene rings is 1. The van der Waals surface area contributed by atoms with E-state index in [-0.39, 0.29) is 5.91 Å². The Balaban J connectivity index is 1.40. The van der Waals surface area contributed by atoms with E-state index in [1.807, 2.05) is 18.2 Å². The van der Waals surface area contributed by atoms with Crippen molar-refractivity contribution >= 4 is 45.4 Å². The van der Waals surface area contributed by atoms with E-state index in [4.69, 9.17) is 27.6 Å². The summed E-state index contributed by atoms with van der Waals surface area (Å²) in [6.45, 7) is 6.99. The molecule has 1 amide bonds. The number of rotatable bonds is 4. The maximum atomic E-state index is 13.1. The summed E-state index contributed by atoms with van der Waals surface area (Å²) in [6, 6.07) is 9.16. The van der Waals surface area contributed by atoms with Gasteiger partial charge >= 0.3 is 0 Å². The van der Waals surface area contributed by atoms with Gasteiger partial charge in [-0.25, -0.2) is 0 Å². The van der Waals surface area contributed by atoms with Gasteiger partial charge in [-0.15, -0.1) is 11.3 Å². The van der Waals surface area contributed by atoms with E-state index in [9.17, 15) is 4.79 Å². The molecule has 0 unspecified atom stereocenters. The quantitative estimate of drug-likeness (QED) is 0.395. The Morgan fingerprint density at radius 1 is 1.16 bits per heavy atom. The minimum atomic E-state index is -0.408. The van der Waals surface area contributed by atoms with Crippen LogP contribution in [0.2, 0.25) is 10.0 Å². The molecule has 0 saturated heterocycles. The first-order chi connectivity index (χ1) is 15.3. The van der Waals surface area contributed by atoms with E-state index in [1.165, 1.54) is 16.9 Å². The minimum Gasteiger partial charge on any atom is -0.457 e. The van der Waals surface area contributed by atoms with Crippen molar-refractivity contribution in [2.75, 3.05) is 5.32 Å². The molecule has 2 aliphatic rings. The van der Waals surface area contributed by atoms with Crippen molar-refractivity contribution in [3.8, 4) is 11.3 Å². The molecule has 0 bridgehead atoms. The fourth-order valence-electron chi connectivity index (χ4n) is 4.71. The molecule has 3 aromatic rings. The van der Waals surface area contributed by atoms with Crippen LogP contribution in [-0.2, 0) is 12.8 Å². The highest BCUT2D eigenvalue weighted by Crippen LogP contribution is 2.47. The molecule has 1 aliphatic heterocycles. The summed E-state index contributed by atoms with van der Waals surface area (Å²) in [6.07, 6.45) is 3.92. The van der Waals surface area contributed by atoms with E-state index in [0.717, 1.165) is 35.4 Å². The van der Waals surface area contributed by atoms with Gasteiger partial charge in [0.2, 0.25) is 0 Å². The van der Waals surface area contributed by atoms with Crippen LogP contribution in [0.5, 0.6) is 0 Å². The Morgan fingerprint density at radius 3 is 2.72 bits per heavy atom. The predicted molar refractivity (Wildman–Crippen MR) is 132 cm³/mol. The molecule has 0 radical (unpaired) electrons. The number of hydrogen-bond acceptors (Lipinski definition) is 4. The fourth-order valence-corrected chi connectivity index (χ4v) is 6.36. The molecule has 7 heteroatoms. The zero-order valence-corrected chi connectivity index (χ0v) is 20.7. The Morgan fingerprint density at radius 2 is 1.97 bits per heavy atom. The molecule has 0 saturated carbocycles. The van der Waals surface area contributed by atoms with Gasteiger partial charge in [0.1, 0.15) is 16.5 Å². The van der Waals surface area contributed by atoms with Gasteiger partial charge in [0.05, 0.1) is 15.6 Å². The summed E-state index contributed by atoms with van der Waals surface area (Å²) in [4.78, 5) is 14.4. The van der Waals surface area contributed by atoms with E-state index in [0.29, 0.717) is 32.9 Å². The fraction of sp³-hybridized carbons (Fsp3) is 0.400. The number of benzene rings is 1. The Bertz CT molecular complexity index is 1200. The highest BCUT2D eigenvalue weighted by Gasteiger charge is 2.37. The number of anilines is 1. The van der Waals surface area contributed by atoms with Gasteiger partial charge in [-0.2, -0.15) is 0 Å². The van der Waals surface area contributed by atoms with Gasteiger partial charge in [-0.3, -0.25) is 4.79 Å². The third-order valence-electron chi connectivity index (χ3n) is 7.18. The van der Waals surface area contributed by atoms with E-state index >= 15 is 0 Å². The number of fused-ring (bicyclic) bond motifs is 3. The van der Waals surface area contributed by atoms with Crippen molar-refractivity contribution in [1.29, 1.82) is 0 Å². The highest BCUT2D eigenvalue weighted by molar-refractivity contribution is 7.16. The van der Waals surface area contributed by atoms with Gasteiger partial charge in [0, 0.05) is 10.4 Å². The van der Waals surface area contributed by atoms with Crippen LogP contribution in [0.25, 0.3) is 11.3 Å². The lowest BCUT2D eigenvalue weighted by atomic mass is 9.69. The van der Waals surface area contributed by atoms with Gasteiger partial charge in [-0.05, 0) is 66.5 Å². The van der Waals surface area contributed by atoms with E-state index in [2.05, 4.69) is 31.4 Å². The third kappa shape index (κ3) is 3.74. The first kappa shape index (κ1) is 21.9. The predicted octanol–water partition coefficient (Wildman–Crippen LogP) is 7.71. The summed E-state index contributed by atoms with van der Waals surface area (Å²) < 4.78 is 6.07. The maximum Gasteiger partial charge on any atom is 0.256 e. The average Bonchev–Trinajstić information content (AvgIpc) is 3.40. The zero-order valence-electron chi connectivity index (χ0n) is 18.4. The molecule has 2 atom stereocenters. The second-order valence-electron chi connectivity index (χ2n) is 9.37. The van der Waals surface area contributed by atoms with Crippen molar-refractivity contribution in [2.24, 2.45) is 11.3 Å². The molecule has 32 heavy (non-hydrogen) atoms. The molecule has 4 nitrogen and oxygen atoms in total. The van der Waals surface area contributed by atoms with Gasteiger partial charge in [0.15, 0.2) is 6.17 Å². The molecule has 0 fully saturated rings. The Hall–Kier alpha value is -1.95. The molecule has 3 heterocycles. The Labute approximate surface area is 202 Å². The van der Waals surface area contributed by atoms with Crippen LogP contribution in [0, 0.1) is 11.3 Å². The lowest BCUT2D eigenvalue weighted by Gasteiger charge is -2.36. The van der Waals surface area contributed by atoms with Crippen LogP contribution in [0.15, 0.2) is 34.7 Å². The summed E-state index contributed by atoms with van der Waals surface area (Å²) in [7, 11) is 0. The van der Waals surface area contributed by atoms with Crippen molar-refractivity contribution < 1.29 is 9.21 Å². The highest BCUT2D eigenvalue weighted by atomic mass is 35.5. The van der Waals surface area contributed by atoms with Crippen LogP contribution >= 0.6 is 34.5 Å². The molecular weight excluding hydrogens is 463 g/mol. The van der Waals surface area contributed by atoms with Crippen LogP contribution in [-0.4, -0.2) is 5.91 Å². The second kappa shape index (κ2) is 8.12. The number of halogens is 2. The number of carbonyl (C=O) groups is 1. The zero-order chi connectivity index (χ0) is 22.6. The van der Waals surface area contributed by atoms with Crippen LogP contribution in [0.3, 0.4) is 0 Å². The van der Waals surface area contributed by atoms with Crippen molar-refractivity contribution in [3.63, 3.8) is 0 Å². The molecule has 2 aromatic heterocycles. The molecule has 168 valence electrons. The van der Waals surface area contributed by atoms with Crippen LogP contribution in [0.1, 0.15) is 66.3 Å². The summed E-state index contributed by atoms with van der Waals surface area (Å²) in [5, 5.41) is 8.51. The van der Waals surface area contributed by atoms with Crippen LogP contribution < -0.4 is 10.6 Å². The van der Waals surface area contributed by atoms with Gasteiger partial charge in [0.25, 0.3) is 5.91 Å². The molecule has 0 spiro atoms. The molecule has 2 N–H and O–H groups in total. The molecule has 5 rings (SSSR count). The van der Waals surface area contributed by atoms with E-state index in [1.54, 1.807) is 23.5 Å². The number of carbonyl (C=O) groups excluding carboxylic acids is 1. The van der Waals surface area contributed by atoms with Gasteiger partial charge < -0.3 is 15.1 Å². The standard InChI is InChI=1S/C25H26Cl2N2O2S/c1-4-25(2,3)14-6-7-15-20(12-14)32-24-21(15)23(30)28-22(29-24)19-10-9-18(31-19)13-5-8-16(26)17(27)11-13/h5,8-11,14,22,29H,4,6-7,12H2,1-3H3,(H,28,30)/t14-,22+/m0/s1. The summed E-state index contributed by atoms with van der Waals surface area (Å²) in [5.74, 6) is 1.96. The minimum absolute atomic E-state index is 0.0260. The Kier molecular flexibility index (Phi) is 5.55. The lowest BCUT2D eigenvalue weighted by molar-refractivity contribution is 0.0930. The average molecular weight is 489 g/mol. The first-order valence-electron chi connectivity index (χ1n) is 11.0. The third-order valence-corrected chi connectivity index (χ3v) is 9.10. The summed E-state index contributed by atoms with van der Waals surface area (Å²) >= 11 is 13.9. The monoisotopic (exact) mass is 488 g/mol. The van der Waals surface area contributed by atoms with Gasteiger partial charge in [-0.1, -0.05) is 50.4 Å². The van der Waals surface area contributed by atoms with E-state index < -0.39 is 6.17 Å². The van der Waals surface area contributed by atoms with Crippen LogP contribution in [0.4, 0.5) is 5.00 Å². The second-order valence-corrected chi connectivity index (χ2v) is 11.3. The lowest BCUT2D eigenvalue weighted by Crippen LogP contribution is -2.38. The molecular formula is C25H26Cl2N2O2S. The number of amides is 1. The number of hydrogen-bond donors (Lipinski definition) is 2. The number of furan rings is 1. The van der Waals surface area contributed by atoms with Crippen molar-refractivity contribution in [2.45, 2.75) is 52.6 Å². The SMILES string of the molecule is CCC(C)(C)[C@H]1CCc2c(sc3c2C(=O)N[C@@H](c2ccc(-c4ccc(Cl)c(Cl)c4)o2)N3)C1. The maximum absolute atomic E-state index is 13.1. The molecule has 1 aromatic carbocycles. The largest absolute Gasteiger partial charge is 0.457 e. The first-order valence-corrected chi connectivity index (χ1v) is 12.6. The smallest absolute Gasteiger partial charge is 0.256 e. The summed E-state index contributed by atoms with van der Waals surface area (Å²) in [5.41, 5.74) is 3.21. The number of nitrogens with one attached hydrogen (secondary N) is 2. The molecule has 1 aliphatic carbocycles. The normalized spacial score (nSPS) is 20.3. The topological polar surface area (TPSA) is 54.3 Å².